The van der Waals surface area contributed by atoms with E-state index in [1.54, 1.807) is 0 Å². The maximum atomic E-state index is 4.14. The standard InChI is InChI=1S/C18H23BrPS/c1-2-16-21-20(19,18-13-7-4-8-14-18)15-9-12-17-10-5-3-6-11-17/h3-8,10-11,13-14H,2,9,12,15-16H2,1H3/q+1. The van der Waals surface area contributed by atoms with Crippen molar-refractivity contribution in [2.75, 3.05) is 11.9 Å². The second-order valence-corrected chi connectivity index (χ2v) is 15.8. The average molecular weight is 382 g/mol. The molecule has 0 heterocycles. The van der Waals surface area contributed by atoms with Gasteiger partial charge in [0.25, 0.3) is 0 Å². The Balaban J connectivity index is 1.99. The van der Waals surface area contributed by atoms with Crippen LogP contribution in [0.4, 0.5) is 0 Å². The van der Waals surface area contributed by atoms with Crippen molar-refractivity contribution in [3.05, 3.63) is 66.2 Å². The summed E-state index contributed by atoms with van der Waals surface area (Å²) in [7, 11) is 0. The Morgan fingerprint density at radius 2 is 1.57 bits per heavy atom. The maximum Gasteiger partial charge on any atom is 0.175 e. The largest absolute Gasteiger partial charge is 0.175 e. The summed E-state index contributed by atoms with van der Waals surface area (Å²) in [5.41, 5.74) is 1.45. The summed E-state index contributed by atoms with van der Waals surface area (Å²) in [6.07, 6.45) is 4.92. The molecule has 0 aliphatic heterocycles. The van der Waals surface area contributed by atoms with Crippen LogP contribution in [0.2, 0.25) is 0 Å². The van der Waals surface area contributed by atoms with E-state index in [2.05, 4.69) is 94.5 Å². The molecule has 0 aromatic heterocycles. The molecule has 3 heteroatoms. The van der Waals surface area contributed by atoms with Crippen LogP contribution in [0.5, 0.6) is 0 Å². The van der Waals surface area contributed by atoms with E-state index in [4.69, 9.17) is 0 Å². The molecule has 21 heavy (non-hydrogen) atoms. The zero-order chi connectivity index (χ0) is 15.0. The summed E-state index contributed by atoms with van der Waals surface area (Å²) in [5.74, 6) is 1.24. The molecule has 1 unspecified atom stereocenters. The molecule has 0 N–H and O–H groups in total. The third-order valence-corrected chi connectivity index (χ3v) is 13.4. The highest BCUT2D eigenvalue weighted by molar-refractivity contribution is 9.52. The zero-order valence-corrected chi connectivity index (χ0v) is 15.8. The van der Waals surface area contributed by atoms with Gasteiger partial charge in [0.15, 0.2) is 20.7 Å². The topological polar surface area (TPSA) is 0 Å². The Bertz CT molecular complexity index is 517. The van der Waals surface area contributed by atoms with Crippen molar-refractivity contribution in [3.63, 3.8) is 0 Å². The highest BCUT2D eigenvalue weighted by Gasteiger charge is 2.38. The van der Waals surface area contributed by atoms with E-state index < -0.39 is 5.17 Å². The fourth-order valence-corrected chi connectivity index (χ4v) is 10.2. The van der Waals surface area contributed by atoms with Crippen molar-refractivity contribution >= 4 is 37.3 Å². The van der Waals surface area contributed by atoms with Crippen LogP contribution in [0, 0.1) is 0 Å². The van der Waals surface area contributed by atoms with Gasteiger partial charge >= 0.3 is 0 Å². The lowest BCUT2D eigenvalue weighted by molar-refractivity contribution is 0.931. The normalized spacial score (nSPS) is 13.8. The van der Waals surface area contributed by atoms with Gasteiger partial charge in [-0.1, -0.05) is 55.5 Å². The van der Waals surface area contributed by atoms with Crippen LogP contribution < -0.4 is 5.30 Å². The van der Waals surface area contributed by atoms with Crippen molar-refractivity contribution in [1.82, 2.24) is 0 Å². The van der Waals surface area contributed by atoms with Crippen LogP contribution in [-0.4, -0.2) is 11.9 Å². The van der Waals surface area contributed by atoms with Crippen LogP contribution >= 0.6 is 32.0 Å². The van der Waals surface area contributed by atoms with Gasteiger partial charge in [0, 0.05) is 17.1 Å². The van der Waals surface area contributed by atoms with Crippen molar-refractivity contribution in [1.29, 1.82) is 0 Å². The molecule has 0 saturated carbocycles. The summed E-state index contributed by atoms with van der Waals surface area (Å²) in [6.45, 7) is 2.26. The quantitative estimate of drug-likeness (QED) is 0.481. The van der Waals surface area contributed by atoms with Gasteiger partial charge in [-0.15, -0.1) is 0 Å². The first-order chi connectivity index (χ1) is 10.2. The van der Waals surface area contributed by atoms with E-state index in [0.29, 0.717) is 0 Å². The minimum Gasteiger partial charge on any atom is -0.0645 e. The number of rotatable bonds is 8. The predicted molar refractivity (Wildman–Crippen MR) is 104 cm³/mol. The van der Waals surface area contributed by atoms with Crippen molar-refractivity contribution in [2.45, 2.75) is 26.2 Å². The molecule has 0 aliphatic rings. The summed E-state index contributed by atoms with van der Waals surface area (Å²) in [5, 5.41) is 0.251. The minimum absolute atomic E-state index is 1.17. The highest BCUT2D eigenvalue weighted by Crippen LogP contribution is 2.75. The summed E-state index contributed by atoms with van der Waals surface area (Å²) >= 11 is 6.28. The van der Waals surface area contributed by atoms with E-state index in [-0.39, 0.29) is 0 Å². The smallest absolute Gasteiger partial charge is 0.0645 e. The molecule has 2 aromatic carbocycles. The molecule has 0 saturated heterocycles. The second-order valence-electron chi connectivity index (χ2n) is 5.13. The van der Waals surface area contributed by atoms with Crippen LogP contribution in [0.25, 0.3) is 0 Å². The zero-order valence-electron chi connectivity index (χ0n) is 12.5. The summed E-state index contributed by atoms with van der Waals surface area (Å²) in [4.78, 5) is 0. The lowest BCUT2D eigenvalue weighted by Crippen LogP contribution is -2.07. The van der Waals surface area contributed by atoms with Gasteiger partial charge in [0.05, 0.1) is 6.16 Å². The molecule has 0 bridgehead atoms. The molecule has 0 spiro atoms. The van der Waals surface area contributed by atoms with E-state index in [9.17, 15) is 0 Å². The maximum absolute atomic E-state index is 4.14. The SMILES string of the molecule is CCCS[P+](Br)(CCCc1ccccc1)c1ccccc1. The Morgan fingerprint density at radius 1 is 0.952 bits per heavy atom. The van der Waals surface area contributed by atoms with E-state index in [1.165, 1.54) is 42.0 Å². The molecule has 0 radical (unpaired) electrons. The van der Waals surface area contributed by atoms with Crippen molar-refractivity contribution < 1.29 is 0 Å². The second kappa shape index (κ2) is 8.98. The molecule has 0 fully saturated rings. The highest BCUT2D eigenvalue weighted by atomic mass is 79.9. The molecule has 0 nitrogen and oxygen atoms in total. The average Bonchev–Trinajstić information content (AvgIpc) is 2.55. The van der Waals surface area contributed by atoms with E-state index in [1.807, 2.05) is 0 Å². The minimum atomic E-state index is -1.25. The van der Waals surface area contributed by atoms with Crippen LogP contribution in [-0.2, 0) is 6.42 Å². The number of hydrogen-bond acceptors (Lipinski definition) is 1. The van der Waals surface area contributed by atoms with Gasteiger partial charge < -0.3 is 0 Å². The molecule has 1 atom stereocenters. The Hall–Kier alpha value is -0.300. The van der Waals surface area contributed by atoms with Gasteiger partial charge in [-0.25, -0.2) is 0 Å². The number of hydrogen-bond donors (Lipinski definition) is 0. The molecular weight excluding hydrogens is 359 g/mol. The van der Waals surface area contributed by atoms with Gasteiger partial charge in [0.1, 0.15) is 5.30 Å². The van der Waals surface area contributed by atoms with Gasteiger partial charge in [-0.2, -0.15) is 0 Å². The summed E-state index contributed by atoms with van der Waals surface area (Å²) in [6, 6.07) is 21.8. The molecule has 0 amide bonds. The first kappa shape index (κ1) is 17.1. The first-order valence-electron chi connectivity index (χ1n) is 7.56. The molecular formula is C18H23BrPS+. The monoisotopic (exact) mass is 381 g/mol. The Labute approximate surface area is 141 Å². The van der Waals surface area contributed by atoms with Crippen LogP contribution in [0.1, 0.15) is 25.3 Å². The lowest BCUT2D eigenvalue weighted by atomic mass is 10.1. The van der Waals surface area contributed by atoms with Gasteiger partial charge in [-0.05, 0) is 37.0 Å². The van der Waals surface area contributed by atoms with Crippen molar-refractivity contribution in [3.8, 4) is 0 Å². The number of aryl methyl sites for hydroxylation is 1. The van der Waals surface area contributed by atoms with Crippen LogP contribution in [0.15, 0.2) is 60.7 Å². The van der Waals surface area contributed by atoms with Gasteiger partial charge in [-0.3, -0.25) is 0 Å². The van der Waals surface area contributed by atoms with E-state index >= 15 is 0 Å². The number of halogens is 1. The predicted octanol–water partition coefficient (Wildman–Crippen LogP) is 6.33. The third kappa shape index (κ3) is 5.43. The van der Waals surface area contributed by atoms with Gasteiger partial charge in [0.2, 0.25) is 0 Å². The Kier molecular flexibility index (Phi) is 7.29. The lowest BCUT2D eigenvalue weighted by Gasteiger charge is -2.18. The third-order valence-electron chi connectivity index (χ3n) is 3.40. The molecule has 0 aliphatic carbocycles. The fourth-order valence-electron chi connectivity index (χ4n) is 2.29. The summed E-state index contributed by atoms with van der Waals surface area (Å²) < 4.78 is 0. The molecule has 2 rings (SSSR count). The molecule has 112 valence electrons. The van der Waals surface area contributed by atoms with E-state index in [0.717, 1.165) is 0 Å². The Morgan fingerprint density at radius 3 is 2.19 bits per heavy atom. The first-order valence-corrected chi connectivity index (χ1v) is 13.1. The molecule has 2 aromatic rings. The fraction of sp³-hybridized carbons (Fsp3) is 0.333. The van der Waals surface area contributed by atoms with Crippen molar-refractivity contribution in [2.24, 2.45) is 0 Å². The number of benzene rings is 2. The van der Waals surface area contributed by atoms with Crippen LogP contribution in [0.3, 0.4) is 0 Å².